The number of aliphatic hydroxyl groups is 27. The van der Waals surface area contributed by atoms with E-state index < -0.39 is 362 Å². The maximum Gasteiger partial charge on any atom is 0.246 e. The van der Waals surface area contributed by atoms with Crippen LogP contribution in [0, 0.1) is 21.7 Å². The van der Waals surface area contributed by atoms with Crippen molar-refractivity contribution in [3.63, 3.8) is 0 Å². The van der Waals surface area contributed by atoms with Gasteiger partial charge in [0.2, 0.25) is 69.4 Å². The monoisotopic (exact) mass is 1630 g/mol. The van der Waals surface area contributed by atoms with Gasteiger partial charge < -0.3 is 200 Å². The summed E-state index contributed by atoms with van der Waals surface area (Å²) in [6.45, 7) is -42.5. The van der Waals surface area contributed by atoms with Gasteiger partial charge in [0.1, 0.15) is 49.9 Å². The summed E-state index contributed by atoms with van der Waals surface area (Å²) < 4.78 is 18.6. The van der Waals surface area contributed by atoms with Crippen molar-refractivity contribution in [2.45, 2.75) is 102 Å². The van der Waals surface area contributed by atoms with Crippen LogP contribution >= 0.6 is 0 Å². The first-order valence-corrected chi connectivity index (χ1v) is 34.6. The molecular formula is C63H119N9O39. The summed E-state index contributed by atoms with van der Waals surface area (Å²) in [6, 6.07) is 0. The van der Waals surface area contributed by atoms with Crippen molar-refractivity contribution in [1.82, 2.24) is 47.9 Å². The van der Waals surface area contributed by atoms with Crippen LogP contribution in [0.15, 0.2) is 0 Å². The Bertz CT molecular complexity index is 2210. The third-order valence-electron chi connectivity index (χ3n) is 19.5. The normalized spacial score (nSPS) is 13.3. The van der Waals surface area contributed by atoms with Gasteiger partial charge >= 0.3 is 0 Å². The summed E-state index contributed by atoms with van der Waals surface area (Å²) in [5.74, 6) is -17.5. The number of hydrogen-bond donors (Lipinski definition) is 36. The van der Waals surface area contributed by atoms with Gasteiger partial charge in [0, 0.05) is 44.5 Å². The molecule has 0 aromatic carbocycles. The molecule has 0 saturated carbocycles. The molecule has 0 bridgehead atoms. The molecule has 0 aromatic heterocycles. The third-order valence-corrected chi connectivity index (χ3v) is 19.5. The number of ether oxygens (including phenoxy) is 3. The van der Waals surface area contributed by atoms with E-state index in [4.69, 9.17) is 14.2 Å². The Morgan fingerprint density at radius 2 is 0.333 bits per heavy atom. The van der Waals surface area contributed by atoms with Gasteiger partial charge in [-0.05, 0) is 6.42 Å². The largest absolute Gasteiger partial charge is 0.394 e. The number of carbonyl (C=O) groups excluding carboxylic acids is 9. The predicted octanol–water partition coefficient (Wildman–Crippen LogP) is -20.8. The Morgan fingerprint density at radius 3 is 0.441 bits per heavy atom. The molecule has 0 radical (unpaired) electrons. The molecule has 650 valence electrons. The lowest BCUT2D eigenvalue weighted by molar-refractivity contribution is -0.161. The zero-order valence-electron chi connectivity index (χ0n) is 61.8. The van der Waals surface area contributed by atoms with Crippen molar-refractivity contribution < 1.29 is 195 Å². The zero-order chi connectivity index (χ0) is 85.5. The van der Waals surface area contributed by atoms with Crippen LogP contribution in [0.1, 0.15) is 51.9 Å². The number of amides is 9. The molecule has 48 nitrogen and oxygen atoms in total. The minimum atomic E-state index is -3.65. The number of nitrogens with one attached hydrogen (secondary N) is 9. The zero-order valence-corrected chi connectivity index (χ0v) is 61.8. The first-order valence-electron chi connectivity index (χ1n) is 34.6. The van der Waals surface area contributed by atoms with Gasteiger partial charge in [-0.25, -0.2) is 0 Å². The molecule has 0 aliphatic heterocycles. The van der Waals surface area contributed by atoms with Crippen LogP contribution in [0.5, 0.6) is 0 Å². The fraction of sp³-hybridized carbons (Fsp3) is 0.857. The summed E-state index contributed by atoms with van der Waals surface area (Å²) in [5, 5.41) is 298. The highest BCUT2D eigenvalue weighted by atomic mass is 16.5. The molecule has 0 fully saturated rings. The van der Waals surface area contributed by atoms with Gasteiger partial charge in [0.25, 0.3) is 0 Å². The molecule has 0 saturated heterocycles. The minimum absolute atomic E-state index is 0.0356. The lowest BCUT2D eigenvalue weighted by Crippen LogP contribution is -2.71. The van der Waals surface area contributed by atoms with E-state index in [0.29, 0.717) is 6.42 Å². The van der Waals surface area contributed by atoms with Crippen LogP contribution in [-0.4, -0.2) is 459 Å². The van der Waals surface area contributed by atoms with Crippen LogP contribution in [0.3, 0.4) is 0 Å². The molecule has 0 aromatic rings. The average Bonchev–Trinajstić information content (AvgIpc) is 0.771. The second-order valence-electron chi connectivity index (χ2n) is 28.0. The van der Waals surface area contributed by atoms with Crippen molar-refractivity contribution in [3.05, 3.63) is 0 Å². The smallest absolute Gasteiger partial charge is 0.246 e. The van der Waals surface area contributed by atoms with Crippen molar-refractivity contribution in [1.29, 1.82) is 0 Å². The Kier molecular flexibility index (Phi) is 45.8. The number of aliphatic hydroxyl groups excluding tert-OH is 27. The third kappa shape index (κ3) is 25.3. The molecule has 0 aliphatic rings. The Balaban J connectivity index is 9.82. The highest BCUT2D eigenvalue weighted by molar-refractivity contribution is 6.24. The van der Waals surface area contributed by atoms with E-state index in [9.17, 15) is 138 Å². The lowest BCUT2D eigenvalue weighted by Gasteiger charge is -2.41. The van der Waals surface area contributed by atoms with Crippen LogP contribution in [0.4, 0.5) is 0 Å². The lowest BCUT2D eigenvalue weighted by atomic mass is 9.78. The van der Waals surface area contributed by atoms with E-state index in [1.807, 2.05) is 47.9 Å². The maximum atomic E-state index is 15.0. The molecule has 0 heterocycles. The number of carbonyl (C=O) groups is 9. The molecule has 0 aliphatic carbocycles. The second kappa shape index (κ2) is 48.4. The molecule has 48 heteroatoms. The van der Waals surface area contributed by atoms with E-state index >= 15 is 43.2 Å². The first kappa shape index (κ1) is 105. The van der Waals surface area contributed by atoms with Gasteiger partial charge in [-0.3, -0.25) is 43.2 Å². The van der Waals surface area contributed by atoms with E-state index in [0.717, 1.165) is 0 Å². The number of unbranched alkanes of at least 4 members (excludes halogenated alkanes) is 2. The summed E-state index contributed by atoms with van der Waals surface area (Å²) in [5.41, 5.74) is -36.3. The van der Waals surface area contributed by atoms with Crippen LogP contribution in [-0.2, 0) is 57.4 Å². The van der Waals surface area contributed by atoms with Crippen LogP contribution < -0.4 is 47.9 Å². The minimum Gasteiger partial charge on any atom is -0.394 e. The van der Waals surface area contributed by atoms with E-state index in [1.54, 1.807) is 6.92 Å². The van der Waals surface area contributed by atoms with Crippen LogP contribution in [0.25, 0.3) is 0 Å². The molecule has 0 atom stereocenters. The highest BCUT2D eigenvalue weighted by Gasteiger charge is 2.61. The average molecular weight is 1630 g/mol. The number of rotatable bonds is 64. The summed E-state index contributed by atoms with van der Waals surface area (Å²) in [7, 11) is 0. The Hall–Kier alpha value is -5.97. The van der Waals surface area contributed by atoms with Crippen molar-refractivity contribution in [3.8, 4) is 0 Å². The van der Waals surface area contributed by atoms with Crippen LogP contribution in [0.2, 0.25) is 0 Å². The molecule has 0 unspecified atom stereocenters. The Morgan fingerprint density at radius 1 is 0.207 bits per heavy atom. The molecule has 0 rings (SSSR count). The van der Waals surface area contributed by atoms with Crippen molar-refractivity contribution in [2.75, 3.05) is 218 Å². The van der Waals surface area contributed by atoms with Gasteiger partial charge in [0.05, 0.1) is 198 Å². The van der Waals surface area contributed by atoms with Gasteiger partial charge in [-0.1, -0.05) is 26.2 Å². The van der Waals surface area contributed by atoms with Crippen molar-refractivity contribution >= 4 is 53.2 Å². The van der Waals surface area contributed by atoms with E-state index in [-0.39, 0.29) is 19.3 Å². The molecule has 111 heavy (non-hydrogen) atoms. The van der Waals surface area contributed by atoms with E-state index in [1.165, 1.54) is 0 Å². The predicted molar refractivity (Wildman–Crippen MR) is 369 cm³/mol. The first-order chi connectivity index (χ1) is 52.5. The topological polar surface area (TPSA) is 836 Å². The molecular weight excluding hydrogens is 1510 g/mol. The molecule has 36 N–H and O–H groups in total. The van der Waals surface area contributed by atoms with Gasteiger partial charge in [-0.15, -0.1) is 0 Å². The van der Waals surface area contributed by atoms with Gasteiger partial charge in [0.15, 0.2) is 0 Å². The summed E-state index contributed by atoms with van der Waals surface area (Å²) >= 11 is 0. The molecule has 9 amide bonds. The fourth-order valence-corrected chi connectivity index (χ4v) is 10.1. The quantitative estimate of drug-likeness (QED) is 0.0199. The second-order valence-corrected chi connectivity index (χ2v) is 28.0. The summed E-state index contributed by atoms with van der Waals surface area (Å²) in [6.07, 6.45) is -4.19. The SMILES string of the molecule is CCCCCC(COCCC(C(=O)NC(CO)(CO)CO)(C(=O)NC(CO)(CO)CO)C(=O)NC(CO)(CO)CO)(COCCC(C(=O)NC(CO)(CO)CO)(C(=O)NC(CO)(CO)CO)C(=O)NC(CO)(CO)CO)COCCC(C(=O)NC(CO)(CO)CO)(C(=O)NC(CO)(CO)CO)C(=O)NC(CO)(CO)CO. The van der Waals surface area contributed by atoms with Gasteiger partial charge in [-0.2, -0.15) is 0 Å². The highest BCUT2D eigenvalue weighted by Crippen LogP contribution is 2.35. The number of hydrogen-bond acceptors (Lipinski definition) is 39. The standard InChI is InChI=1S/C63H119N9O39/c1-2-3-4-5-51(39-109-9-6-61(42(100)64-52(12-73,13-74)14-75,43(101)65-53(15-76,16-77)17-78)44(102)66-54(18-79,19-80)20-81,40-110-10-7-62(45(103)67-55(21-82,22-83)23-84,46(104)68-56(24-85,25-86)26-87)47(105)69-57(27-88,28-89)29-90)41-111-11-8-63(48(106)70-58(30-91,31-92)32-93,49(107)71-59(33-94,34-95)35-96)50(108)72-60(36-97,37-98)38-99/h73-99H,2-41H2,1H3,(H,64,100)(H,65,101)(H,66,102)(H,67,103)(H,68,104)(H,69,105)(H,70,106)(H,71,107)(H,72,108). The molecule has 0 spiro atoms. The van der Waals surface area contributed by atoms with E-state index in [2.05, 4.69) is 0 Å². The van der Waals surface area contributed by atoms with Crippen molar-refractivity contribution in [2.24, 2.45) is 21.7 Å². The fourth-order valence-electron chi connectivity index (χ4n) is 10.1. The maximum absolute atomic E-state index is 15.0. The Labute approximate surface area is 636 Å². The summed E-state index contributed by atoms with van der Waals surface area (Å²) in [4.78, 5) is 135.